The lowest BCUT2D eigenvalue weighted by Gasteiger charge is -2.12. The van der Waals surface area contributed by atoms with Crippen LogP contribution in [0.15, 0.2) is 36.4 Å². The summed E-state index contributed by atoms with van der Waals surface area (Å²) >= 11 is 0. The van der Waals surface area contributed by atoms with Crippen LogP contribution in [0.2, 0.25) is 0 Å². The van der Waals surface area contributed by atoms with Crippen molar-refractivity contribution in [1.29, 1.82) is 0 Å². The maximum absolute atomic E-state index is 13.4. The zero-order valence-electron chi connectivity index (χ0n) is 10.9. The number of carbonyl (C=O) groups is 1. The SMILES string of the molecule is Nc1c(F)cc(C(=O)NC2COc3ccccc32)cc1F. The summed E-state index contributed by atoms with van der Waals surface area (Å²) in [6.07, 6.45) is 0. The number of ether oxygens (including phenoxy) is 1. The highest BCUT2D eigenvalue weighted by atomic mass is 19.1. The van der Waals surface area contributed by atoms with Gasteiger partial charge in [0.15, 0.2) is 0 Å². The molecule has 21 heavy (non-hydrogen) atoms. The van der Waals surface area contributed by atoms with E-state index in [9.17, 15) is 13.6 Å². The average Bonchev–Trinajstić information content (AvgIpc) is 2.87. The second-order valence-electron chi connectivity index (χ2n) is 4.73. The first kappa shape index (κ1) is 13.4. The Hall–Kier alpha value is -2.63. The van der Waals surface area contributed by atoms with Gasteiger partial charge in [0, 0.05) is 11.1 Å². The molecule has 0 radical (unpaired) electrons. The smallest absolute Gasteiger partial charge is 0.252 e. The lowest BCUT2D eigenvalue weighted by Crippen LogP contribution is -2.29. The van der Waals surface area contributed by atoms with Crippen molar-refractivity contribution in [3.05, 3.63) is 59.2 Å². The predicted octanol–water partition coefficient (Wildman–Crippen LogP) is 2.41. The van der Waals surface area contributed by atoms with Gasteiger partial charge in [0.05, 0.1) is 6.04 Å². The van der Waals surface area contributed by atoms with Gasteiger partial charge in [-0.15, -0.1) is 0 Å². The molecule has 108 valence electrons. The molecule has 1 aliphatic heterocycles. The topological polar surface area (TPSA) is 64.4 Å². The van der Waals surface area contributed by atoms with E-state index in [1.165, 1.54) is 0 Å². The van der Waals surface area contributed by atoms with Crippen molar-refractivity contribution in [2.24, 2.45) is 0 Å². The van der Waals surface area contributed by atoms with Crippen molar-refractivity contribution in [2.45, 2.75) is 6.04 Å². The summed E-state index contributed by atoms with van der Waals surface area (Å²) in [5, 5.41) is 2.69. The molecule has 0 fully saturated rings. The maximum atomic E-state index is 13.4. The van der Waals surface area contributed by atoms with Crippen LogP contribution in [0, 0.1) is 11.6 Å². The molecule has 0 aliphatic carbocycles. The monoisotopic (exact) mass is 290 g/mol. The number of halogens is 2. The minimum absolute atomic E-state index is 0.122. The molecule has 1 amide bonds. The van der Waals surface area contributed by atoms with Crippen LogP contribution in [-0.2, 0) is 0 Å². The molecule has 3 rings (SSSR count). The van der Waals surface area contributed by atoms with Crippen LogP contribution in [0.5, 0.6) is 5.75 Å². The molecule has 1 aliphatic rings. The van der Waals surface area contributed by atoms with Crippen molar-refractivity contribution in [2.75, 3.05) is 12.3 Å². The molecule has 1 atom stereocenters. The molecule has 0 saturated carbocycles. The van der Waals surface area contributed by atoms with E-state index in [0.29, 0.717) is 5.75 Å². The van der Waals surface area contributed by atoms with Crippen LogP contribution in [0.4, 0.5) is 14.5 Å². The van der Waals surface area contributed by atoms with Crippen molar-refractivity contribution >= 4 is 11.6 Å². The van der Waals surface area contributed by atoms with E-state index in [4.69, 9.17) is 10.5 Å². The summed E-state index contributed by atoms with van der Waals surface area (Å²) in [5.74, 6) is -1.80. The van der Waals surface area contributed by atoms with Gasteiger partial charge in [0.25, 0.3) is 5.91 Å². The Balaban J connectivity index is 1.82. The van der Waals surface area contributed by atoms with Crippen LogP contribution in [0.25, 0.3) is 0 Å². The number of hydrogen-bond acceptors (Lipinski definition) is 3. The Morgan fingerprint density at radius 3 is 2.62 bits per heavy atom. The Morgan fingerprint density at radius 2 is 1.90 bits per heavy atom. The first-order valence-corrected chi connectivity index (χ1v) is 6.33. The lowest BCUT2D eigenvalue weighted by atomic mass is 10.1. The first-order chi connectivity index (χ1) is 10.1. The third kappa shape index (κ3) is 2.40. The quantitative estimate of drug-likeness (QED) is 0.835. The lowest BCUT2D eigenvalue weighted by molar-refractivity contribution is 0.0929. The van der Waals surface area contributed by atoms with Crippen molar-refractivity contribution in [3.63, 3.8) is 0 Å². The molecule has 0 aromatic heterocycles. The summed E-state index contributed by atoms with van der Waals surface area (Å²) in [6.45, 7) is 0.283. The van der Waals surface area contributed by atoms with Gasteiger partial charge < -0.3 is 15.8 Å². The van der Waals surface area contributed by atoms with Gasteiger partial charge in [-0.25, -0.2) is 8.78 Å². The molecule has 0 spiro atoms. The molecule has 2 aromatic carbocycles. The zero-order chi connectivity index (χ0) is 15.0. The van der Waals surface area contributed by atoms with Crippen molar-refractivity contribution in [1.82, 2.24) is 5.32 Å². The fourth-order valence-electron chi connectivity index (χ4n) is 2.24. The standard InChI is InChI=1S/C15H12F2N2O2/c16-10-5-8(6-11(17)14(10)18)15(20)19-12-7-21-13-4-2-1-3-9(12)13/h1-6,12H,7,18H2,(H,19,20). The zero-order valence-corrected chi connectivity index (χ0v) is 10.9. The predicted molar refractivity (Wildman–Crippen MR) is 72.9 cm³/mol. The molecule has 0 bridgehead atoms. The second kappa shape index (κ2) is 5.05. The number of carbonyl (C=O) groups excluding carboxylic acids is 1. The largest absolute Gasteiger partial charge is 0.491 e. The number of nitrogens with one attached hydrogen (secondary N) is 1. The highest BCUT2D eigenvalue weighted by Crippen LogP contribution is 2.31. The molecule has 3 N–H and O–H groups in total. The molecular weight excluding hydrogens is 278 g/mol. The van der Waals surface area contributed by atoms with E-state index in [1.807, 2.05) is 18.2 Å². The fourth-order valence-corrected chi connectivity index (χ4v) is 2.24. The summed E-state index contributed by atoms with van der Waals surface area (Å²) < 4.78 is 32.2. The van der Waals surface area contributed by atoms with Crippen LogP contribution in [0.3, 0.4) is 0 Å². The van der Waals surface area contributed by atoms with Crippen LogP contribution in [0.1, 0.15) is 22.0 Å². The number of benzene rings is 2. The number of amides is 1. The molecule has 1 heterocycles. The Morgan fingerprint density at radius 1 is 1.24 bits per heavy atom. The molecule has 0 saturated heterocycles. The number of anilines is 1. The van der Waals surface area contributed by atoms with E-state index in [1.54, 1.807) is 6.07 Å². The number of para-hydroxylation sites is 1. The summed E-state index contributed by atoms with van der Waals surface area (Å²) in [4.78, 5) is 12.1. The first-order valence-electron chi connectivity index (χ1n) is 6.33. The van der Waals surface area contributed by atoms with E-state index in [0.717, 1.165) is 17.7 Å². The minimum Gasteiger partial charge on any atom is -0.491 e. The normalized spacial score (nSPS) is 16.2. The summed E-state index contributed by atoms with van der Waals surface area (Å²) in [7, 11) is 0. The van der Waals surface area contributed by atoms with Gasteiger partial charge in [-0.1, -0.05) is 18.2 Å². The van der Waals surface area contributed by atoms with Gasteiger partial charge in [0.1, 0.15) is 29.7 Å². The van der Waals surface area contributed by atoms with E-state index >= 15 is 0 Å². The van der Waals surface area contributed by atoms with Crippen molar-refractivity contribution in [3.8, 4) is 5.75 Å². The number of nitrogens with two attached hydrogens (primary N) is 1. The van der Waals surface area contributed by atoms with Crippen LogP contribution < -0.4 is 15.8 Å². The molecule has 2 aromatic rings. The molecule has 6 heteroatoms. The molecule has 1 unspecified atom stereocenters. The van der Waals surface area contributed by atoms with Crippen molar-refractivity contribution < 1.29 is 18.3 Å². The van der Waals surface area contributed by atoms with Crippen LogP contribution >= 0.6 is 0 Å². The second-order valence-corrected chi connectivity index (χ2v) is 4.73. The van der Waals surface area contributed by atoms with Gasteiger partial charge in [-0.2, -0.15) is 0 Å². The Labute approximate surface area is 119 Å². The maximum Gasteiger partial charge on any atom is 0.252 e. The minimum atomic E-state index is -0.955. The Kier molecular flexibility index (Phi) is 3.21. The number of fused-ring (bicyclic) bond motifs is 1. The number of hydrogen-bond donors (Lipinski definition) is 2. The Bertz CT molecular complexity index is 696. The van der Waals surface area contributed by atoms with Gasteiger partial charge in [0.2, 0.25) is 0 Å². The third-order valence-electron chi connectivity index (χ3n) is 3.35. The molecule has 4 nitrogen and oxygen atoms in total. The highest BCUT2D eigenvalue weighted by Gasteiger charge is 2.26. The van der Waals surface area contributed by atoms with Crippen LogP contribution in [-0.4, -0.2) is 12.5 Å². The van der Waals surface area contributed by atoms with E-state index in [-0.39, 0.29) is 18.2 Å². The summed E-state index contributed by atoms with van der Waals surface area (Å²) in [5.41, 5.74) is 5.29. The fraction of sp³-hybridized carbons (Fsp3) is 0.133. The average molecular weight is 290 g/mol. The van der Waals surface area contributed by atoms with Gasteiger partial charge in [-0.3, -0.25) is 4.79 Å². The highest BCUT2D eigenvalue weighted by molar-refractivity contribution is 5.95. The third-order valence-corrected chi connectivity index (χ3v) is 3.35. The number of rotatable bonds is 2. The van der Waals surface area contributed by atoms with Gasteiger partial charge >= 0.3 is 0 Å². The van der Waals surface area contributed by atoms with E-state index < -0.39 is 23.2 Å². The number of nitrogen functional groups attached to an aromatic ring is 1. The van der Waals surface area contributed by atoms with Gasteiger partial charge in [-0.05, 0) is 18.2 Å². The van der Waals surface area contributed by atoms with E-state index in [2.05, 4.69) is 5.32 Å². The summed E-state index contributed by atoms with van der Waals surface area (Å²) in [6, 6.07) is 8.76. The molecular formula is C15H12F2N2O2.